The van der Waals surface area contributed by atoms with E-state index in [2.05, 4.69) is 4.74 Å². The molecule has 2 N–H and O–H groups in total. The Morgan fingerprint density at radius 1 is 1.00 bits per heavy atom. The molecule has 19 heavy (non-hydrogen) atoms. The van der Waals surface area contributed by atoms with E-state index in [1.807, 2.05) is 4.90 Å². The highest BCUT2D eigenvalue weighted by Crippen LogP contribution is 2.25. The number of nitrogens with zero attached hydrogens (tertiary/aromatic N) is 2. The van der Waals surface area contributed by atoms with Crippen LogP contribution < -0.4 is 5.73 Å². The van der Waals surface area contributed by atoms with E-state index in [0.717, 1.165) is 25.7 Å². The molecule has 2 rings (SSSR count). The highest BCUT2D eigenvalue weighted by atomic mass is 16.5. The van der Waals surface area contributed by atoms with Gasteiger partial charge in [-0.15, -0.1) is 0 Å². The predicted molar refractivity (Wildman–Crippen MR) is 70.5 cm³/mol. The molecule has 1 saturated carbocycles. The van der Waals surface area contributed by atoms with Gasteiger partial charge < -0.3 is 20.3 Å². The molecular weight excluding hydrogens is 246 g/mol. The summed E-state index contributed by atoms with van der Waals surface area (Å²) in [5, 5.41) is 0. The standard InChI is InChI=1S/C13H23N3O3/c1-19-13(18)16-8-6-15(7-9-16)12(17)10-2-4-11(14)5-3-10/h10-11H,2-9,14H2,1H3. The van der Waals surface area contributed by atoms with Crippen molar-refractivity contribution in [3.63, 3.8) is 0 Å². The predicted octanol–water partition coefficient (Wildman–Crippen LogP) is 0.415. The summed E-state index contributed by atoms with van der Waals surface area (Å²) in [5.41, 5.74) is 5.86. The third-order valence-corrected chi connectivity index (χ3v) is 4.15. The zero-order chi connectivity index (χ0) is 13.8. The largest absolute Gasteiger partial charge is 0.453 e. The van der Waals surface area contributed by atoms with Crippen molar-refractivity contribution in [2.75, 3.05) is 33.3 Å². The maximum atomic E-state index is 12.4. The summed E-state index contributed by atoms with van der Waals surface area (Å²) in [4.78, 5) is 27.2. The minimum Gasteiger partial charge on any atom is -0.453 e. The molecule has 2 fully saturated rings. The number of piperazine rings is 1. The molecule has 0 unspecified atom stereocenters. The fraction of sp³-hybridized carbons (Fsp3) is 0.846. The number of carbonyl (C=O) groups is 2. The van der Waals surface area contributed by atoms with Crippen molar-refractivity contribution in [2.24, 2.45) is 11.7 Å². The summed E-state index contributed by atoms with van der Waals surface area (Å²) < 4.78 is 4.68. The van der Waals surface area contributed by atoms with Crippen LogP contribution in [0.15, 0.2) is 0 Å². The second kappa shape index (κ2) is 6.23. The van der Waals surface area contributed by atoms with Crippen LogP contribution in [0.2, 0.25) is 0 Å². The summed E-state index contributed by atoms with van der Waals surface area (Å²) in [6, 6.07) is 0.264. The van der Waals surface area contributed by atoms with E-state index in [-0.39, 0.29) is 24.0 Å². The van der Waals surface area contributed by atoms with Crippen LogP contribution in [0, 0.1) is 5.92 Å². The summed E-state index contributed by atoms with van der Waals surface area (Å²) in [6.45, 7) is 2.34. The van der Waals surface area contributed by atoms with E-state index >= 15 is 0 Å². The first-order valence-corrected chi connectivity index (χ1v) is 6.99. The summed E-state index contributed by atoms with van der Waals surface area (Å²) >= 11 is 0. The average Bonchev–Trinajstić information content (AvgIpc) is 2.46. The first-order valence-electron chi connectivity index (χ1n) is 6.99. The molecule has 108 valence electrons. The highest BCUT2D eigenvalue weighted by Gasteiger charge is 2.31. The Bertz CT molecular complexity index is 332. The molecule has 0 radical (unpaired) electrons. The van der Waals surface area contributed by atoms with E-state index in [9.17, 15) is 9.59 Å². The first kappa shape index (κ1) is 14.1. The number of amides is 2. The fourth-order valence-electron chi connectivity index (χ4n) is 2.86. The maximum absolute atomic E-state index is 12.4. The van der Waals surface area contributed by atoms with Crippen LogP contribution in [0.1, 0.15) is 25.7 Å². The van der Waals surface area contributed by atoms with Gasteiger partial charge >= 0.3 is 6.09 Å². The smallest absolute Gasteiger partial charge is 0.409 e. The normalized spacial score (nSPS) is 28.1. The lowest BCUT2D eigenvalue weighted by molar-refractivity contribution is -0.138. The average molecular weight is 269 g/mol. The Morgan fingerprint density at radius 3 is 2.05 bits per heavy atom. The Labute approximate surface area is 113 Å². The van der Waals surface area contributed by atoms with Gasteiger partial charge in [-0.3, -0.25) is 4.79 Å². The number of hydrogen-bond donors (Lipinski definition) is 1. The Balaban J connectivity index is 1.81. The Morgan fingerprint density at radius 2 is 1.53 bits per heavy atom. The number of hydrogen-bond acceptors (Lipinski definition) is 4. The van der Waals surface area contributed by atoms with Crippen LogP contribution in [-0.2, 0) is 9.53 Å². The number of nitrogens with two attached hydrogens (primary N) is 1. The molecule has 0 spiro atoms. The quantitative estimate of drug-likeness (QED) is 0.748. The van der Waals surface area contributed by atoms with Crippen LogP contribution in [-0.4, -0.2) is 61.1 Å². The molecule has 2 aliphatic rings. The van der Waals surface area contributed by atoms with Gasteiger partial charge in [0.25, 0.3) is 0 Å². The monoisotopic (exact) mass is 269 g/mol. The molecule has 0 aromatic carbocycles. The zero-order valence-corrected chi connectivity index (χ0v) is 11.5. The first-order chi connectivity index (χ1) is 9.11. The van der Waals surface area contributed by atoms with Crippen LogP contribution in [0.25, 0.3) is 0 Å². The lowest BCUT2D eigenvalue weighted by atomic mass is 9.85. The lowest BCUT2D eigenvalue weighted by Gasteiger charge is -2.37. The molecule has 1 aliphatic heterocycles. The van der Waals surface area contributed by atoms with Gasteiger partial charge in [0.15, 0.2) is 0 Å². The van der Waals surface area contributed by atoms with Gasteiger partial charge in [-0.1, -0.05) is 0 Å². The van der Waals surface area contributed by atoms with Gasteiger partial charge in [-0.05, 0) is 25.7 Å². The minimum atomic E-state index is -0.310. The van der Waals surface area contributed by atoms with E-state index in [1.54, 1.807) is 4.90 Å². The SMILES string of the molecule is COC(=O)N1CCN(C(=O)C2CCC(N)CC2)CC1. The zero-order valence-electron chi connectivity index (χ0n) is 11.5. The van der Waals surface area contributed by atoms with Gasteiger partial charge in [-0.2, -0.15) is 0 Å². The number of ether oxygens (including phenoxy) is 1. The van der Waals surface area contributed by atoms with Crippen molar-refractivity contribution < 1.29 is 14.3 Å². The van der Waals surface area contributed by atoms with Crippen molar-refractivity contribution >= 4 is 12.0 Å². The van der Waals surface area contributed by atoms with Gasteiger partial charge in [-0.25, -0.2) is 4.79 Å². The van der Waals surface area contributed by atoms with E-state index in [1.165, 1.54) is 7.11 Å². The van der Waals surface area contributed by atoms with Crippen molar-refractivity contribution in [1.82, 2.24) is 9.80 Å². The van der Waals surface area contributed by atoms with Gasteiger partial charge in [0.2, 0.25) is 5.91 Å². The summed E-state index contributed by atoms with van der Waals surface area (Å²) in [6.07, 6.45) is 3.38. The summed E-state index contributed by atoms with van der Waals surface area (Å²) in [7, 11) is 1.38. The van der Waals surface area contributed by atoms with Crippen LogP contribution in [0.4, 0.5) is 4.79 Å². The van der Waals surface area contributed by atoms with Crippen molar-refractivity contribution in [1.29, 1.82) is 0 Å². The van der Waals surface area contributed by atoms with Crippen LogP contribution in [0.3, 0.4) is 0 Å². The van der Waals surface area contributed by atoms with Crippen LogP contribution in [0.5, 0.6) is 0 Å². The summed E-state index contributed by atoms with van der Waals surface area (Å²) in [5.74, 6) is 0.362. The molecule has 6 nitrogen and oxygen atoms in total. The highest BCUT2D eigenvalue weighted by molar-refractivity contribution is 5.79. The minimum absolute atomic E-state index is 0.129. The second-order valence-corrected chi connectivity index (χ2v) is 5.39. The van der Waals surface area contributed by atoms with E-state index < -0.39 is 0 Å². The molecular formula is C13H23N3O3. The maximum Gasteiger partial charge on any atom is 0.409 e. The van der Waals surface area contributed by atoms with Gasteiger partial charge in [0.1, 0.15) is 0 Å². The number of methoxy groups -OCH3 is 1. The Hall–Kier alpha value is -1.30. The molecule has 0 bridgehead atoms. The molecule has 0 aromatic heterocycles. The van der Waals surface area contributed by atoms with Crippen molar-refractivity contribution in [3.8, 4) is 0 Å². The van der Waals surface area contributed by atoms with E-state index in [4.69, 9.17) is 5.73 Å². The third-order valence-electron chi connectivity index (χ3n) is 4.15. The van der Waals surface area contributed by atoms with Crippen molar-refractivity contribution in [3.05, 3.63) is 0 Å². The fourth-order valence-corrected chi connectivity index (χ4v) is 2.86. The second-order valence-electron chi connectivity index (χ2n) is 5.39. The molecule has 1 saturated heterocycles. The third kappa shape index (κ3) is 3.37. The van der Waals surface area contributed by atoms with Gasteiger partial charge in [0.05, 0.1) is 7.11 Å². The Kier molecular flexibility index (Phi) is 4.63. The molecule has 6 heteroatoms. The van der Waals surface area contributed by atoms with E-state index in [0.29, 0.717) is 26.2 Å². The number of rotatable bonds is 1. The molecule has 0 atom stereocenters. The topological polar surface area (TPSA) is 75.9 Å². The van der Waals surface area contributed by atoms with Gasteiger partial charge in [0, 0.05) is 38.1 Å². The number of carbonyl (C=O) groups excluding carboxylic acids is 2. The van der Waals surface area contributed by atoms with Crippen molar-refractivity contribution in [2.45, 2.75) is 31.7 Å². The lowest BCUT2D eigenvalue weighted by Crippen LogP contribution is -2.52. The van der Waals surface area contributed by atoms with Crippen LogP contribution >= 0.6 is 0 Å². The molecule has 2 amide bonds. The molecule has 1 heterocycles. The molecule has 1 aliphatic carbocycles. The molecule has 0 aromatic rings.